The van der Waals surface area contributed by atoms with Crippen LogP contribution < -0.4 is 23.7 Å². The molecule has 0 bridgehead atoms. The smallest absolute Gasteiger partial charge is 0.262 e. The molecule has 0 radical (unpaired) electrons. The summed E-state index contributed by atoms with van der Waals surface area (Å²) in [5, 5.41) is 0. The van der Waals surface area contributed by atoms with Crippen molar-refractivity contribution in [1.29, 1.82) is 0 Å². The highest BCUT2D eigenvalue weighted by atomic mass is 32.2. The van der Waals surface area contributed by atoms with E-state index in [-0.39, 0.29) is 10.6 Å². The minimum absolute atomic E-state index is 0.0503. The number of anilines is 1. The van der Waals surface area contributed by atoms with E-state index >= 15 is 0 Å². The third-order valence-corrected chi connectivity index (χ3v) is 4.84. The zero-order chi connectivity index (χ0) is 19.2. The molecule has 0 saturated carbocycles. The van der Waals surface area contributed by atoms with E-state index in [1.165, 1.54) is 26.4 Å². The van der Waals surface area contributed by atoms with Crippen molar-refractivity contribution in [3.63, 3.8) is 0 Å². The number of hydrogen-bond donors (Lipinski definition) is 1. The standard InChI is InChI=1S/C18H23NO6S/c1-5-24-17-10-8-14(12-18(17)25-6-2)26(20,21)19-15-11-13(22-3)7-9-16(15)23-4/h7-12,19H,5-6H2,1-4H3. The van der Waals surface area contributed by atoms with Crippen molar-refractivity contribution in [2.24, 2.45) is 0 Å². The molecule has 0 heterocycles. The number of sulfonamides is 1. The van der Waals surface area contributed by atoms with Gasteiger partial charge in [-0.3, -0.25) is 4.72 Å². The molecule has 0 unspecified atom stereocenters. The van der Waals surface area contributed by atoms with Gasteiger partial charge in [-0.1, -0.05) is 0 Å². The lowest BCUT2D eigenvalue weighted by Crippen LogP contribution is -2.14. The molecule has 26 heavy (non-hydrogen) atoms. The van der Waals surface area contributed by atoms with E-state index in [0.717, 1.165) is 0 Å². The van der Waals surface area contributed by atoms with Crippen LogP contribution in [0.2, 0.25) is 0 Å². The molecule has 142 valence electrons. The van der Waals surface area contributed by atoms with Gasteiger partial charge in [0.05, 0.1) is 38.0 Å². The van der Waals surface area contributed by atoms with E-state index in [1.54, 1.807) is 24.3 Å². The molecule has 1 N–H and O–H groups in total. The molecule has 2 aromatic rings. The topological polar surface area (TPSA) is 83.1 Å². The van der Waals surface area contributed by atoms with Gasteiger partial charge in [0.2, 0.25) is 0 Å². The lowest BCUT2D eigenvalue weighted by Gasteiger charge is -2.15. The summed E-state index contributed by atoms with van der Waals surface area (Å²) >= 11 is 0. The molecule has 0 aliphatic heterocycles. The maximum absolute atomic E-state index is 12.8. The number of methoxy groups -OCH3 is 2. The highest BCUT2D eigenvalue weighted by Crippen LogP contribution is 2.33. The fraction of sp³-hybridized carbons (Fsp3) is 0.333. The third-order valence-electron chi connectivity index (χ3n) is 3.48. The van der Waals surface area contributed by atoms with E-state index in [4.69, 9.17) is 18.9 Å². The van der Waals surface area contributed by atoms with Gasteiger partial charge in [-0.15, -0.1) is 0 Å². The van der Waals surface area contributed by atoms with Gasteiger partial charge in [-0.25, -0.2) is 8.42 Å². The molecule has 0 atom stereocenters. The van der Waals surface area contributed by atoms with Gasteiger partial charge in [-0.2, -0.15) is 0 Å². The van der Waals surface area contributed by atoms with Gasteiger partial charge in [-0.05, 0) is 38.1 Å². The second-order valence-electron chi connectivity index (χ2n) is 5.15. The van der Waals surface area contributed by atoms with Crippen LogP contribution in [-0.2, 0) is 10.0 Å². The predicted molar refractivity (Wildman–Crippen MR) is 99.1 cm³/mol. The molecule has 0 aliphatic carbocycles. The second kappa shape index (κ2) is 8.66. The largest absolute Gasteiger partial charge is 0.497 e. The lowest BCUT2D eigenvalue weighted by molar-refractivity contribution is 0.287. The molecule has 8 heteroatoms. The third kappa shape index (κ3) is 4.51. The average Bonchev–Trinajstić information content (AvgIpc) is 2.63. The molecule has 2 aromatic carbocycles. The Hall–Kier alpha value is -2.61. The SMILES string of the molecule is CCOc1ccc(S(=O)(=O)Nc2cc(OC)ccc2OC)cc1OCC. The van der Waals surface area contributed by atoms with Crippen molar-refractivity contribution < 1.29 is 27.4 Å². The van der Waals surface area contributed by atoms with Gasteiger partial charge < -0.3 is 18.9 Å². The molecule has 2 rings (SSSR count). The number of nitrogens with one attached hydrogen (secondary N) is 1. The Morgan fingerprint density at radius 1 is 0.846 bits per heavy atom. The maximum atomic E-state index is 12.8. The fourth-order valence-corrected chi connectivity index (χ4v) is 3.37. The monoisotopic (exact) mass is 381 g/mol. The molecule has 0 aromatic heterocycles. The highest BCUT2D eigenvalue weighted by Gasteiger charge is 2.20. The van der Waals surface area contributed by atoms with Crippen LogP contribution in [0.1, 0.15) is 13.8 Å². The summed E-state index contributed by atoms with van der Waals surface area (Å²) in [4.78, 5) is 0.0503. The summed E-state index contributed by atoms with van der Waals surface area (Å²) in [5.41, 5.74) is 0.277. The summed E-state index contributed by atoms with van der Waals surface area (Å²) in [5.74, 6) is 1.75. The van der Waals surface area contributed by atoms with Gasteiger partial charge >= 0.3 is 0 Å². The number of benzene rings is 2. The summed E-state index contributed by atoms with van der Waals surface area (Å²) in [6.45, 7) is 4.50. The minimum atomic E-state index is -3.86. The van der Waals surface area contributed by atoms with Crippen LogP contribution >= 0.6 is 0 Å². The van der Waals surface area contributed by atoms with Crippen LogP contribution in [0.15, 0.2) is 41.3 Å². The maximum Gasteiger partial charge on any atom is 0.262 e. The Morgan fingerprint density at radius 2 is 1.50 bits per heavy atom. The Bertz CT molecular complexity index is 851. The Morgan fingerprint density at radius 3 is 2.12 bits per heavy atom. The first-order valence-corrected chi connectivity index (χ1v) is 9.58. The first kappa shape index (κ1) is 19.7. The first-order valence-electron chi connectivity index (χ1n) is 8.09. The molecule has 7 nitrogen and oxygen atoms in total. The molecular formula is C18H23NO6S. The molecule has 0 saturated heterocycles. The quantitative estimate of drug-likeness (QED) is 0.718. The first-order chi connectivity index (χ1) is 12.4. The van der Waals surface area contributed by atoms with Crippen LogP contribution in [0, 0.1) is 0 Å². The van der Waals surface area contributed by atoms with Crippen molar-refractivity contribution >= 4 is 15.7 Å². The Balaban J connectivity index is 2.40. The van der Waals surface area contributed by atoms with E-state index in [1.807, 2.05) is 13.8 Å². The highest BCUT2D eigenvalue weighted by molar-refractivity contribution is 7.92. The fourth-order valence-electron chi connectivity index (χ4n) is 2.30. The second-order valence-corrected chi connectivity index (χ2v) is 6.83. The normalized spacial score (nSPS) is 10.9. The van der Waals surface area contributed by atoms with Crippen molar-refractivity contribution in [2.75, 3.05) is 32.2 Å². The van der Waals surface area contributed by atoms with Crippen molar-refractivity contribution in [3.8, 4) is 23.0 Å². The minimum Gasteiger partial charge on any atom is -0.497 e. The van der Waals surface area contributed by atoms with Crippen molar-refractivity contribution in [2.45, 2.75) is 18.7 Å². The van der Waals surface area contributed by atoms with Gasteiger partial charge in [0.1, 0.15) is 11.5 Å². The van der Waals surface area contributed by atoms with Crippen LogP contribution in [0.5, 0.6) is 23.0 Å². The van der Waals surface area contributed by atoms with Crippen LogP contribution in [0.25, 0.3) is 0 Å². The van der Waals surface area contributed by atoms with E-state index < -0.39 is 10.0 Å². The van der Waals surface area contributed by atoms with Gasteiger partial charge in [0, 0.05) is 12.1 Å². The summed E-state index contributed by atoms with van der Waals surface area (Å²) in [7, 11) is -0.902. The molecule has 0 aliphatic rings. The van der Waals surface area contributed by atoms with E-state index in [9.17, 15) is 8.42 Å². The van der Waals surface area contributed by atoms with Crippen molar-refractivity contribution in [1.82, 2.24) is 0 Å². The zero-order valence-electron chi connectivity index (χ0n) is 15.2. The summed E-state index contributed by atoms with van der Waals surface area (Å²) < 4.78 is 49.4. The van der Waals surface area contributed by atoms with Gasteiger partial charge in [0.25, 0.3) is 10.0 Å². The molecular weight excluding hydrogens is 358 g/mol. The van der Waals surface area contributed by atoms with Crippen molar-refractivity contribution in [3.05, 3.63) is 36.4 Å². The summed E-state index contributed by atoms with van der Waals surface area (Å²) in [6, 6.07) is 9.33. The summed E-state index contributed by atoms with van der Waals surface area (Å²) in [6.07, 6.45) is 0. The average molecular weight is 381 g/mol. The number of hydrogen-bond acceptors (Lipinski definition) is 6. The van der Waals surface area contributed by atoms with Crippen LogP contribution in [-0.4, -0.2) is 35.9 Å². The van der Waals surface area contributed by atoms with Gasteiger partial charge in [0.15, 0.2) is 11.5 Å². The molecule has 0 fully saturated rings. The Labute approximate surface area is 153 Å². The van der Waals surface area contributed by atoms with Crippen LogP contribution in [0.3, 0.4) is 0 Å². The molecule has 0 amide bonds. The predicted octanol–water partition coefficient (Wildman–Crippen LogP) is 3.30. The lowest BCUT2D eigenvalue weighted by atomic mass is 10.3. The Kier molecular flexibility index (Phi) is 6.57. The number of ether oxygens (including phenoxy) is 4. The van der Waals surface area contributed by atoms with E-state index in [2.05, 4.69) is 4.72 Å². The van der Waals surface area contributed by atoms with Crippen LogP contribution in [0.4, 0.5) is 5.69 Å². The zero-order valence-corrected chi connectivity index (χ0v) is 16.1. The molecule has 0 spiro atoms. The number of rotatable bonds is 9. The van der Waals surface area contributed by atoms with E-state index in [0.29, 0.717) is 36.2 Å².